The van der Waals surface area contributed by atoms with Crippen LogP contribution < -0.4 is 31.8 Å². The molecule has 1 N–H and O–H groups in total. The van der Waals surface area contributed by atoms with Crippen LogP contribution in [0.15, 0.2) is 182 Å². The second kappa shape index (κ2) is 20.7. The molecule has 0 unspecified atom stereocenters. The SMILES string of the molecule is [CH2-]C(=O)O.[Pd].[Pd].c1ccc([PH+](c2ccccc2)c2ccccc2)cc1.c1ccc([PH+](c2ccccc2)c2ccccc2)cc1. The third-order valence-electron chi connectivity index (χ3n) is 6.37. The minimum atomic E-state index is -1.08. The Balaban J connectivity index is 0.000000263. The predicted octanol–water partition coefficient (Wildman–Crippen LogP) is 6.25. The summed E-state index contributed by atoms with van der Waals surface area (Å²) < 4.78 is 0. The van der Waals surface area contributed by atoms with Crippen molar-refractivity contribution in [2.24, 2.45) is 0 Å². The molecule has 0 fully saturated rings. The Kier molecular flexibility index (Phi) is 17.5. The molecular formula is C38H35O2P2Pd2+. The third kappa shape index (κ3) is 11.7. The van der Waals surface area contributed by atoms with E-state index in [4.69, 9.17) is 9.90 Å². The Morgan fingerprint density at radius 1 is 0.364 bits per heavy atom. The quantitative estimate of drug-likeness (QED) is 0.123. The number of aliphatic carboxylic acids is 1. The molecule has 0 aromatic heterocycles. The zero-order valence-electron chi connectivity index (χ0n) is 24.0. The Hall–Kier alpha value is -3.16. The van der Waals surface area contributed by atoms with Crippen LogP contribution in [0, 0.1) is 6.92 Å². The molecule has 0 aliphatic heterocycles. The molecule has 0 heterocycles. The predicted molar refractivity (Wildman–Crippen MR) is 186 cm³/mol. The van der Waals surface area contributed by atoms with Crippen LogP contribution in [0.25, 0.3) is 0 Å². The summed E-state index contributed by atoms with van der Waals surface area (Å²) in [6.45, 7) is 2.56. The van der Waals surface area contributed by atoms with Crippen LogP contribution in [0.5, 0.6) is 0 Å². The monoisotopic (exact) mass is 797 g/mol. The maximum absolute atomic E-state index is 8.89. The fraction of sp³-hybridized carbons (Fsp3) is 0. The topological polar surface area (TPSA) is 37.3 Å². The molecule has 0 saturated carbocycles. The van der Waals surface area contributed by atoms with Gasteiger partial charge in [0.1, 0.15) is 31.8 Å². The molecule has 0 aliphatic carbocycles. The first-order valence-electron chi connectivity index (χ1n) is 13.7. The standard InChI is InChI=1S/2C18H15P.C2H3O2.2Pd/c2*1-4-10-16(11-5-1)19(17-12-6-2-7-13-17)18-14-8-3-9-15-18;1-2(3)4;;/h2*1-15H;1H2,(H,3,4);;/q;;-1;;/p+2. The minimum Gasteiger partial charge on any atom is -0.503 e. The Morgan fingerprint density at radius 3 is 0.591 bits per heavy atom. The summed E-state index contributed by atoms with van der Waals surface area (Å²) in [5.41, 5.74) is 0. The zero-order valence-corrected chi connectivity index (χ0v) is 29.1. The van der Waals surface area contributed by atoms with E-state index in [0.29, 0.717) is 0 Å². The van der Waals surface area contributed by atoms with Gasteiger partial charge in [-0.3, -0.25) is 11.7 Å². The van der Waals surface area contributed by atoms with Crippen molar-refractivity contribution in [1.82, 2.24) is 0 Å². The van der Waals surface area contributed by atoms with Gasteiger partial charge in [-0.05, 0) is 72.8 Å². The van der Waals surface area contributed by atoms with Crippen LogP contribution >= 0.6 is 15.8 Å². The first-order valence-corrected chi connectivity index (χ1v) is 16.7. The van der Waals surface area contributed by atoms with Gasteiger partial charge < -0.3 is 5.11 Å². The maximum atomic E-state index is 8.89. The van der Waals surface area contributed by atoms with Crippen LogP contribution in [-0.2, 0) is 45.6 Å². The number of hydrogen-bond donors (Lipinski definition) is 1. The molecule has 0 bridgehead atoms. The minimum absolute atomic E-state index is 0. The number of hydrogen-bond acceptors (Lipinski definition) is 1. The molecule has 0 spiro atoms. The van der Waals surface area contributed by atoms with Gasteiger partial charge in [0, 0.05) is 40.8 Å². The average molecular weight is 798 g/mol. The zero-order chi connectivity index (χ0) is 29.4. The van der Waals surface area contributed by atoms with Gasteiger partial charge in [0.25, 0.3) is 0 Å². The van der Waals surface area contributed by atoms with Crippen LogP contribution in [0.2, 0.25) is 0 Å². The maximum Gasteiger partial charge on any atom is 0.161 e. The van der Waals surface area contributed by atoms with Gasteiger partial charge in [-0.25, -0.2) is 0 Å². The van der Waals surface area contributed by atoms with Crippen molar-refractivity contribution in [2.45, 2.75) is 0 Å². The van der Waals surface area contributed by atoms with E-state index >= 15 is 0 Å². The summed E-state index contributed by atoms with van der Waals surface area (Å²) in [6.07, 6.45) is 0. The second-order valence-corrected chi connectivity index (χ2v) is 14.3. The van der Waals surface area contributed by atoms with Gasteiger partial charge in [-0.15, -0.1) is 0 Å². The van der Waals surface area contributed by atoms with Crippen LogP contribution in [0.1, 0.15) is 0 Å². The fourth-order valence-electron chi connectivity index (χ4n) is 4.63. The van der Waals surface area contributed by atoms with Crippen molar-refractivity contribution in [3.8, 4) is 0 Å². The molecular weight excluding hydrogens is 763 g/mol. The molecule has 0 aliphatic rings. The van der Waals surface area contributed by atoms with E-state index in [2.05, 4.69) is 189 Å². The molecule has 6 heteroatoms. The summed E-state index contributed by atoms with van der Waals surface area (Å²) in [7, 11) is -1.75. The van der Waals surface area contributed by atoms with E-state index < -0.39 is 21.8 Å². The van der Waals surface area contributed by atoms with Crippen LogP contribution in [0.3, 0.4) is 0 Å². The van der Waals surface area contributed by atoms with Gasteiger partial charge in [0.05, 0.1) is 15.8 Å². The number of rotatable bonds is 6. The van der Waals surface area contributed by atoms with E-state index in [0.717, 1.165) is 0 Å². The van der Waals surface area contributed by atoms with Crippen molar-refractivity contribution in [2.75, 3.05) is 0 Å². The van der Waals surface area contributed by atoms with E-state index in [9.17, 15) is 0 Å². The Morgan fingerprint density at radius 2 is 0.477 bits per heavy atom. The molecule has 0 amide bonds. The van der Waals surface area contributed by atoms with Gasteiger partial charge in [-0.2, -0.15) is 0 Å². The summed E-state index contributed by atoms with van der Waals surface area (Å²) in [5, 5.41) is 15.9. The van der Waals surface area contributed by atoms with E-state index in [-0.39, 0.29) is 40.8 Å². The van der Waals surface area contributed by atoms with Crippen molar-refractivity contribution in [1.29, 1.82) is 0 Å². The van der Waals surface area contributed by atoms with Crippen molar-refractivity contribution >= 4 is 53.6 Å². The third-order valence-corrected chi connectivity index (χ3v) is 11.8. The Labute approximate surface area is 291 Å². The van der Waals surface area contributed by atoms with Crippen molar-refractivity contribution in [3.63, 3.8) is 0 Å². The molecule has 0 saturated heterocycles. The van der Waals surface area contributed by atoms with E-state index in [1.165, 1.54) is 31.8 Å². The molecule has 0 atom stereocenters. The van der Waals surface area contributed by atoms with E-state index in [1.54, 1.807) is 0 Å². The first kappa shape index (κ1) is 37.0. The molecule has 6 aromatic carbocycles. The van der Waals surface area contributed by atoms with Crippen molar-refractivity contribution < 1.29 is 50.7 Å². The largest absolute Gasteiger partial charge is 0.503 e. The fourth-order valence-corrected chi connectivity index (χ4v) is 9.78. The van der Waals surface area contributed by atoms with E-state index in [1.807, 2.05) is 0 Å². The van der Waals surface area contributed by atoms with Crippen LogP contribution in [-0.4, -0.2) is 11.1 Å². The molecule has 0 radical (unpaired) electrons. The van der Waals surface area contributed by atoms with Gasteiger partial charge in [0.2, 0.25) is 0 Å². The molecule has 228 valence electrons. The second-order valence-electron chi connectivity index (χ2n) is 9.34. The number of benzene rings is 6. The number of carboxylic acids is 1. The molecule has 6 aromatic rings. The van der Waals surface area contributed by atoms with Gasteiger partial charge in [0.15, 0.2) is 5.97 Å². The molecule has 6 rings (SSSR count). The smallest absolute Gasteiger partial charge is 0.161 e. The summed E-state index contributed by atoms with van der Waals surface area (Å²) in [4.78, 5) is 8.89. The average Bonchev–Trinajstić information content (AvgIpc) is 3.05. The summed E-state index contributed by atoms with van der Waals surface area (Å²) in [6, 6.07) is 65.0. The van der Waals surface area contributed by atoms with Gasteiger partial charge >= 0.3 is 0 Å². The Bertz CT molecular complexity index is 1280. The van der Waals surface area contributed by atoms with Gasteiger partial charge in [-0.1, -0.05) is 109 Å². The molecule has 44 heavy (non-hydrogen) atoms. The number of carboxylic acid groups (broad SMARTS) is 1. The summed E-state index contributed by atoms with van der Waals surface area (Å²) in [5.74, 6) is -1.08. The number of carbonyl (C=O) groups is 1. The first-order chi connectivity index (χ1) is 20.6. The van der Waals surface area contributed by atoms with Crippen molar-refractivity contribution in [3.05, 3.63) is 189 Å². The van der Waals surface area contributed by atoms with Crippen LogP contribution in [0.4, 0.5) is 0 Å². The normalized spacial score (nSPS) is 9.68. The molecule has 2 nitrogen and oxygen atoms in total. The summed E-state index contributed by atoms with van der Waals surface area (Å²) >= 11 is 0.